The van der Waals surface area contributed by atoms with Crippen molar-refractivity contribution in [1.82, 2.24) is 9.97 Å². The van der Waals surface area contributed by atoms with Crippen molar-refractivity contribution in [1.29, 1.82) is 0 Å². The minimum absolute atomic E-state index is 0.0693. The molecule has 1 aromatic heterocycles. The lowest BCUT2D eigenvalue weighted by molar-refractivity contribution is 0.268. The van der Waals surface area contributed by atoms with E-state index in [1.165, 1.54) is 31.5 Å². The Bertz CT molecular complexity index is 1180. The molecule has 0 saturated heterocycles. The van der Waals surface area contributed by atoms with Crippen LogP contribution in [0.1, 0.15) is 11.6 Å². The van der Waals surface area contributed by atoms with E-state index < -0.39 is 16.1 Å². The normalized spacial score (nSPS) is 12.3. The Morgan fingerprint density at radius 2 is 1.90 bits per heavy atom. The number of aliphatic hydroxyl groups is 1. The number of nitrogens with zero attached hydrogens (tertiary/aromatic N) is 2. The van der Waals surface area contributed by atoms with E-state index in [1.54, 1.807) is 24.3 Å². The number of nitrogens with one attached hydrogen (secondary N) is 1. The molecule has 0 amide bonds. The van der Waals surface area contributed by atoms with Crippen molar-refractivity contribution in [3.63, 3.8) is 0 Å². The molecule has 0 bridgehead atoms. The first-order chi connectivity index (χ1) is 14.7. The smallest absolute Gasteiger partial charge is 0.264 e. The third kappa shape index (κ3) is 5.35. The Balaban J connectivity index is 1.82. The van der Waals surface area contributed by atoms with Gasteiger partial charge in [-0.05, 0) is 29.8 Å². The highest BCUT2D eigenvalue weighted by atomic mass is 35.5. The van der Waals surface area contributed by atoms with Crippen LogP contribution in [-0.2, 0) is 10.0 Å². The predicted molar refractivity (Wildman–Crippen MR) is 116 cm³/mol. The van der Waals surface area contributed by atoms with E-state index >= 15 is 0 Å². The van der Waals surface area contributed by atoms with Crippen molar-refractivity contribution < 1.29 is 23.0 Å². The van der Waals surface area contributed by atoms with Crippen molar-refractivity contribution in [2.75, 3.05) is 18.4 Å². The molecule has 31 heavy (non-hydrogen) atoms. The van der Waals surface area contributed by atoms with Crippen LogP contribution in [0.25, 0.3) is 0 Å². The van der Waals surface area contributed by atoms with E-state index in [-0.39, 0.29) is 39.1 Å². The highest BCUT2D eigenvalue weighted by Crippen LogP contribution is 2.32. The summed E-state index contributed by atoms with van der Waals surface area (Å²) in [5, 5.41) is 9.08. The van der Waals surface area contributed by atoms with Crippen LogP contribution in [0.15, 0.2) is 53.6 Å². The number of nitrogens with two attached hydrogens (primary N) is 1. The highest BCUT2D eigenvalue weighted by Gasteiger charge is 2.23. The fourth-order valence-electron chi connectivity index (χ4n) is 2.50. The Kier molecular flexibility index (Phi) is 7.19. The van der Waals surface area contributed by atoms with E-state index in [1.807, 2.05) is 0 Å². The number of methoxy groups -OCH3 is 1. The van der Waals surface area contributed by atoms with Gasteiger partial charge in [-0.15, -0.1) is 0 Å². The Morgan fingerprint density at radius 1 is 1.19 bits per heavy atom. The third-order valence-electron chi connectivity index (χ3n) is 4.08. The van der Waals surface area contributed by atoms with Gasteiger partial charge in [0.25, 0.3) is 15.9 Å². The summed E-state index contributed by atoms with van der Waals surface area (Å²) >= 11 is 11.9. The summed E-state index contributed by atoms with van der Waals surface area (Å²) in [5.74, 6) is 0.234. The summed E-state index contributed by atoms with van der Waals surface area (Å²) in [6.45, 7) is -0.180. The first-order valence-corrected chi connectivity index (χ1v) is 11.0. The van der Waals surface area contributed by atoms with Gasteiger partial charge < -0.3 is 20.3 Å². The fraction of sp³-hybridized carbons (Fsp3) is 0.158. The maximum absolute atomic E-state index is 12.7. The SMILES string of the molecule is COc1nc(Oc2ccc(C(N)CO)cc2)cnc1NS(=O)(=O)c1cccc(Cl)c1Cl. The summed E-state index contributed by atoms with van der Waals surface area (Å²) in [5.41, 5.74) is 6.50. The highest BCUT2D eigenvalue weighted by molar-refractivity contribution is 7.92. The van der Waals surface area contributed by atoms with E-state index in [4.69, 9.17) is 43.5 Å². The second kappa shape index (κ2) is 9.67. The van der Waals surface area contributed by atoms with Gasteiger partial charge >= 0.3 is 0 Å². The summed E-state index contributed by atoms with van der Waals surface area (Å²) in [6, 6.07) is 10.5. The van der Waals surface area contributed by atoms with Crippen LogP contribution < -0.4 is 19.9 Å². The zero-order valence-corrected chi connectivity index (χ0v) is 18.4. The molecule has 0 aliphatic rings. The number of sulfonamides is 1. The van der Waals surface area contributed by atoms with Crippen LogP contribution in [0.4, 0.5) is 5.82 Å². The average Bonchev–Trinajstić information content (AvgIpc) is 2.76. The van der Waals surface area contributed by atoms with Crippen LogP contribution in [0, 0.1) is 0 Å². The third-order valence-corrected chi connectivity index (χ3v) is 6.39. The van der Waals surface area contributed by atoms with Crippen LogP contribution in [-0.4, -0.2) is 37.2 Å². The van der Waals surface area contributed by atoms with Crippen LogP contribution in [0.2, 0.25) is 10.0 Å². The van der Waals surface area contributed by atoms with Gasteiger partial charge in [-0.2, -0.15) is 4.98 Å². The molecule has 9 nitrogen and oxygen atoms in total. The molecule has 0 radical (unpaired) electrons. The number of anilines is 1. The molecule has 3 aromatic rings. The molecule has 12 heteroatoms. The molecule has 0 aliphatic heterocycles. The Labute approximate surface area is 188 Å². The van der Waals surface area contributed by atoms with Gasteiger partial charge in [-0.3, -0.25) is 4.72 Å². The number of hydrogen-bond acceptors (Lipinski definition) is 8. The number of aromatic nitrogens is 2. The second-order valence-corrected chi connectivity index (χ2v) is 8.62. The maximum Gasteiger partial charge on any atom is 0.264 e. The summed E-state index contributed by atoms with van der Waals surface area (Å²) in [6.07, 6.45) is 1.23. The molecule has 1 unspecified atom stereocenters. The molecule has 4 N–H and O–H groups in total. The van der Waals surface area contributed by atoms with Gasteiger partial charge in [-0.1, -0.05) is 41.4 Å². The number of benzene rings is 2. The van der Waals surface area contributed by atoms with Crippen LogP contribution in [0.3, 0.4) is 0 Å². The molecule has 0 saturated carbocycles. The molecule has 1 atom stereocenters. The van der Waals surface area contributed by atoms with Crippen molar-refractivity contribution >= 4 is 39.0 Å². The van der Waals surface area contributed by atoms with Gasteiger partial charge in [0.2, 0.25) is 11.7 Å². The van der Waals surface area contributed by atoms with Gasteiger partial charge in [0, 0.05) is 0 Å². The van der Waals surface area contributed by atoms with Gasteiger partial charge in [0.15, 0.2) is 0 Å². The first-order valence-electron chi connectivity index (χ1n) is 8.77. The largest absolute Gasteiger partial charge is 0.478 e. The lowest BCUT2D eigenvalue weighted by atomic mass is 10.1. The standard InChI is InChI=1S/C19H18Cl2N4O5S/c1-29-19-18(25-31(27,28)15-4-2-3-13(20)17(15)21)23-9-16(24-19)30-12-7-5-11(6-8-12)14(22)10-26/h2-9,14,26H,10,22H2,1H3,(H,23,25). The van der Waals surface area contributed by atoms with Gasteiger partial charge in [0.1, 0.15) is 10.6 Å². The molecule has 2 aromatic carbocycles. The predicted octanol–water partition coefficient (Wildman–Crippen LogP) is 3.38. The van der Waals surface area contributed by atoms with Gasteiger partial charge in [-0.25, -0.2) is 13.4 Å². The van der Waals surface area contributed by atoms with Crippen LogP contribution >= 0.6 is 23.2 Å². The molecule has 1 heterocycles. The molecule has 164 valence electrons. The van der Waals surface area contributed by atoms with E-state index in [0.717, 1.165) is 5.56 Å². The van der Waals surface area contributed by atoms with E-state index in [9.17, 15) is 8.42 Å². The molecular weight excluding hydrogens is 467 g/mol. The molecular formula is C19H18Cl2N4O5S. The number of ether oxygens (including phenoxy) is 2. The first kappa shape index (κ1) is 23.0. The van der Waals surface area contributed by atoms with Crippen molar-refractivity contribution in [2.45, 2.75) is 10.9 Å². The summed E-state index contributed by atoms with van der Waals surface area (Å²) in [7, 11) is -2.80. The van der Waals surface area contributed by atoms with Crippen molar-refractivity contribution in [2.24, 2.45) is 5.73 Å². The number of rotatable bonds is 8. The number of aliphatic hydroxyl groups excluding tert-OH is 1. The molecule has 0 fully saturated rings. The quantitative estimate of drug-likeness (QED) is 0.442. The lowest BCUT2D eigenvalue weighted by Crippen LogP contribution is -2.16. The zero-order chi connectivity index (χ0) is 22.6. The Hall–Kier alpha value is -2.63. The maximum atomic E-state index is 12.7. The Morgan fingerprint density at radius 3 is 2.55 bits per heavy atom. The summed E-state index contributed by atoms with van der Waals surface area (Å²) in [4.78, 5) is 7.94. The summed E-state index contributed by atoms with van der Waals surface area (Å²) < 4.78 is 38.4. The number of hydrogen-bond donors (Lipinski definition) is 3. The topological polar surface area (TPSA) is 137 Å². The van der Waals surface area contributed by atoms with E-state index in [2.05, 4.69) is 14.7 Å². The lowest BCUT2D eigenvalue weighted by Gasteiger charge is -2.13. The fourth-order valence-corrected chi connectivity index (χ4v) is 4.27. The molecule has 0 aliphatic carbocycles. The second-order valence-electron chi connectivity index (χ2n) is 6.18. The zero-order valence-electron chi connectivity index (χ0n) is 16.1. The number of halogens is 2. The van der Waals surface area contributed by atoms with E-state index in [0.29, 0.717) is 5.75 Å². The monoisotopic (exact) mass is 484 g/mol. The van der Waals surface area contributed by atoms with Crippen LogP contribution in [0.5, 0.6) is 17.5 Å². The average molecular weight is 485 g/mol. The molecule has 0 spiro atoms. The van der Waals surface area contributed by atoms with Crippen molar-refractivity contribution in [3.05, 3.63) is 64.3 Å². The van der Waals surface area contributed by atoms with Crippen molar-refractivity contribution in [3.8, 4) is 17.5 Å². The molecule has 3 rings (SSSR count). The van der Waals surface area contributed by atoms with Gasteiger partial charge in [0.05, 0.1) is 36.0 Å². The minimum atomic E-state index is -4.11. The minimum Gasteiger partial charge on any atom is -0.478 e.